The molecule has 1 saturated heterocycles. The summed E-state index contributed by atoms with van der Waals surface area (Å²) in [4.78, 5) is 2.20. The van der Waals surface area contributed by atoms with Crippen molar-refractivity contribution in [3.05, 3.63) is 69.2 Å². The van der Waals surface area contributed by atoms with Crippen LogP contribution < -0.4 is 5.32 Å². The molecule has 0 aromatic heterocycles. The van der Waals surface area contributed by atoms with Gasteiger partial charge in [-0.25, -0.2) is 0 Å². The van der Waals surface area contributed by atoms with E-state index < -0.39 is 11.7 Å². The van der Waals surface area contributed by atoms with Crippen molar-refractivity contribution in [1.29, 1.82) is 0 Å². The molecule has 140 valence electrons. The van der Waals surface area contributed by atoms with Gasteiger partial charge in [0.15, 0.2) is 0 Å². The fourth-order valence-electron chi connectivity index (χ4n) is 3.31. The van der Waals surface area contributed by atoms with Gasteiger partial charge in [-0.15, -0.1) is 0 Å². The summed E-state index contributed by atoms with van der Waals surface area (Å²) in [6.45, 7) is 3.24. The molecular weight excluding hydrogens is 384 g/mol. The van der Waals surface area contributed by atoms with Crippen LogP contribution in [0.5, 0.6) is 0 Å². The van der Waals surface area contributed by atoms with E-state index in [1.807, 2.05) is 12.1 Å². The fraction of sp³-hybridized carbons (Fsp3) is 0.368. The summed E-state index contributed by atoms with van der Waals surface area (Å²) in [6.07, 6.45) is -3.55. The minimum absolute atomic E-state index is 0.284. The molecule has 7 heteroatoms. The Morgan fingerprint density at radius 3 is 2.31 bits per heavy atom. The van der Waals surface area contributed by atoms with Crippen molar-refractivity contribution in [3.8, 4) is 0 Å². The average molecular weight is 403 g/mol. The van der Waals surface area contributed by atoms with Crippen LogP contribution in [0.4, 0.5) is 13.2 Å². The number of benzene rings is 2. The molecule has 1 atom stereocenters. The molecule has 26 heavy (non-hydrogen) atoms. The van der Waals surface area contributed by atoms with Crippen molar-refractivity contribution >= 4 is 23.2 Å². The first-order chi connectivity index (χ1) is 12.4. The maximum Gasteiger partial charge on any atom is 0.417 e. The first-order valence-electron chi connectivity index (χ1n) is 8.43. The van der Waals surface area contributed by atoms with E-state index in [2.05, 4.69) is 10.2 Å². The van der Waals surface area contributed by atoms with Gasteiger partial charge in [-0.05, 0) is 48.4 Å². The number of nitrogens with zero attached hydrogens (tertiary/aromatic N) is 1. The third-order valence-electron chi connectivity index (χ3n) is 4.54. The molecule has 1 N–H and O–H groups in total. The lowest BCUT2D eigenvalue weighted by atomic mass is 9.95. The van der Waals surface area contributed by atoms with E-state index >= 15 is 0 Å². The third kappa shape index (κ3) is 4.52. The third-order valence-corrected chi connectivity index (χ3v) is 5.12. The van der Waals surface area contributed by atoms with Crippen LogP contribution in [0.15, 0.2) is 42.5 Å². The Morgan fingerprint density at radius 2 is 1.62 bits per heavy atom. The SMILES string of the molecule is FC(F)(F)c1cc(C(c2ccc(Cl)cc2)N2CCCNCC2)ccc1Cl. The summed E-state index contributed by atoms with van der Waals surface area (Å²) in [5, 5.41) is 3.64. The van der Waals surface area contributed by atoms with Crippen LogP contribution >= 0.6 is 23.2 Å². The van der Waals surface area contributed by atoms with Gasteiger partial charge < -0.3 is 5.32 Å². The van der Waals surface area contributed by atoms with Crippen LogP contribution in [0.1, 0.15) is 29.2 Å². The molecule has 0 radical (unpaired) electrons. The second-order valence-corrected chi connectivity index (χ2v) is 7.17. The van der Waals surface area contributed by atoms with Gasteiger partial charge in [0.05, 0.1) is 16.6 Å². The van der Waals surface area contributed by atoms with Crippen molar-refractivity contribution in [3.63, 3.8) is 0 Å². The molecule has 0 aliphatic carbocycles. The van der Waals surface area contributed by atoms with Gasteiger partial charge in [0.1, 0.15) is 0 Å². The summed E-state index contributed by atoms with van der Waals surface area (Å²) < 4.78 is 40.0. The molecular formula is C19H19Cl2F3N2. The monoisotopic (exact) mass is 402 g/mol. The van der Waals surface area contributed by atoms with Crippen LogP contribution in [0.3, 0.4) is 0 Å². The Labute approximate surface area is 160 Å². The zero-order chi connectivity index (χ0) is 18.7. The average Bonchev–Trinajstić information content (AvgIpc) is 2.86. The van der Waals surface area contributed by atoms with Crippen molar-refractivity contribution < 1.29 is 13.2 Å². The van der Waals surface area contributed by atoms with Gasteiger partial charge in [0.2, 0.25) is 0 Å². The van der Waals surface area contributed by atoms with Gasteiger partial charge in [-0.1, -0.05) is 41.4 Å². The quantitative estimate of drug-likeness (QED) is 0.739. The zero-order valence-electron chi connectivity index (χ0n) is 14.0. The molecule has 3 rings (SSSR count). The number of alkyl halides is 3. The standard InChI is InChI=1S/C19H19Cl2F3N2/c20-15-5-2-13(3-6-15)18(26-10-1-8-25-9-11-26)14-4-7-17(21)16(12-14)19(22,23)24/h2-7,12,18,25H,1,8-11H2. The normalized spacial score (nSPS) is 17.7. The number of hydrogen-bond donors (Lipinski definition) is 1. The van der Waals surface area contributed by atoms with Crippen LogP contribution in [0.25, 0.3) is 0 Å². The molecule has 1 heterocycles. The smallest absolute Gasteiger partial charge is 0.315 e. The van der Waals surface area contributed by atoms with E-state index in [1.54, 1.807) is 18.2 Å². The summed E-state index contributed by atoms with van der Waals surface area (Å²) in [7, 11) is 0. The van der Waals surface area contributed by atoms with E-state index in [1.165, 1.54) is 12.1 Å². The Kier molecular flexibility index (Phi) is 6.13. The lowest BCUT2D eigenvalue weighted by molar-refractivity contribution is -0.137. The van der Waals surface area contributed by atoms with E-state index in [0.717, 1.165) is 38.2 Å². The van der Waals surface area contributed by atoms with Crippen molar-refractivity contribution in [2.45, 2.75) is 18.6 Å². The fourth-order valence-corrected chi connectivity index (χ4v) is 3.66. The Hall–Kier alpha value is -1.27. The van der Waals surface area contributed by atoms with Gasteiger partial charge in [0, 0.05) is 24.7 Å². The Morgan fingerprint density at radius 1 is 0.923 bits per heavy atom. The highest BCUT2D eigenvalue weighted by atomic mass is 35.5. The molecule has 0 amide bonds. The summed E-state index contributed by atoms with van der Waals surface area (Å²) >= 11 is 11.8. The predicted octanol–water partition coefficient (Wildman–Crippen LogP) is 5.40. The van der Waals surface area contributed by atoms with Crippen molar-refractivity contribution in [2.24, 2.45) is 0 Å². The molecule has 2 aromatic rings. The molecule has 2 nitrogen and oxygen atoms in total. The molecule has 1 aliphatic heterocycles. The summed E-state index contributed by atoms with van der Waals surface area (Å²) in [6, 6.07) is 11.2. The minimum atomic E-state index is -4.49. The van der Waals surface area contributed by atoms with Gasteiger partial charge in [0.25, 0.3) is 0 Å². The first kappa shape index (κ1) is 19.5. The highest BCUT2D eigenvalue weighted by molar-refractivity contribution is 6.31. The van der Waals surface area contributed by atoms with Gasteiger partial charge in [-0.3, -0.25) is 4.90 Å². The number of halogens is 5. The van der Waals surface area contributed by atoms with Gasteiger partial charge in [-0.2, -0.15) is 13.2 Å². The molecule has 1 fully saturated rings. The number of nitrogens with one attached hydrogen (secondary N) is 1. The molecule has 1 unspecified atom stereocenters. The highest BCUT2D eigenvalue weighted by Crippen LogP contribution is 2.38. The van der Waals surface area contributed by atoms with E-state index in [0.29, 0.717) is 10.6 Å². The second kappa shape index (κ2) is 8.17. The maximum absolute atomic E-state index is 13.3. The molecule has 1 aliphatic rings. The molecule has 0 bridgehead atoms. The lowest BCUT2D eigenvalue weighted by Gasteiger charge is -2.32. The molecule has 0 saturated carbocycles. The largest absolute Gasteiger partial charge is 0.417 e. The van der Waals surface area contributed by atoms with Crippen LogP contribution in [-0.2, 0) is 6.18 Å². The summed E-state index contributed by atoms with van der Waals surface area (Å²) in [5.41, 5.74) is 0.682. The predicted molar refractivity (Wildman–Crippen MR) is 98.8 cm³/mol. The second-order valence-electron chi connectivity index (χ2n) is 6.33. The number of hydrogen-bond acceptors (Lipinski definition) is 2. The minimum Gasteiger partial charge on any atom is -0.315 e. The first-order valence-corrected chi connectivity index (χ1v) is 9.19. The molecule has 2 aromatic carbocycles. The molecule has 0 spiro atoms. The van der Waals surface area contributed by atoms with E-state index in [4.69, 9.17) is 23.2 Å². The summed E-state index contributed by atoms with van der Waals surface area (Å²) in [5.74, 6) is 0. The van der Waals surface area contributed by atoms with Crippen LogP contribution in [-0.4, -0.2) is 31.1 Å². The lowest BCUT2D eigenvalue weighted by Crippen LogP contribution is -2.33. The van der Waals surface area contributed by atoms with E-state index in [-0.39, 0.29) is 11.1 Å². The van der Waals surface area contributed by atoms with E-state index in [9.17, 15) is 13.2 Å². The topological polar surface area (TPSA) is 15.3 Å². The Bertz CT molecular complexity index is 739. The van der Waals surface area contributed by atoms with Crippen molar-refractivity contribution in [2.75, 3.05) is 26.2 Å². The maximum atomic E-state index is 13.3. The Balaban J connectivity index is 2.06. The number of rotatable bonds is 3. The highest BCUT2D eigenvalue weighted by Gasteiger charge is 2.34. The zero-order valence-corrected chi connectivity index (χ0v) is 15.5. The van der Waals surface area contributed by atoms with Crippen molar-refractivity contribution in [1.82, 2.24) is 10.2 Å². The van der Waals surface area contributed by atoms with Crippen LogP contribution in [0, 0.1) is 0 Å². The van der Waals surface area contributed by atoms with Gasteiger partial charge >= 0.3 is 6.18 Å². The van der Waals surface area contributed by atoms with Crippen LogP contribution in [0.2, 0.25) is 10.0 Å².